The van der Waals surface area contributed by atoms with Gasteiger partial charge in [0.2, 0.25) is 0 Å². The molecule has 1 aliphatic heterocycles. The van der Waals surface area contributed by atoms with Crippen LogP contribution in [0.1, 0.15) is 25.8 Å². The van der Waals surface area contributed by atoms with Crippen LogP contribution in [0.5, 0.6) is 0 Å². The number of halogens is 1. The van der Waals surface area contributed by atoms with E-state index in [4.69, 9.17) is 11.6 Å². The molecule has 0 aliphatic carbocycles. The fourth-order valence-corrected chi connectivity index (χ4v) is 3.81. The van der Waals surface area contributed by atoms with E-state index in [0.29, 0.717) is 5.25 Å². The maximum Gasteiger partial charge on any atom is 0.0642 e. The standard InChI is InChI=1S/C15H23ClN2S/c1-3-7-17-10-13-5-4-6-14(16)15(13)18-8-9-19-12(2)11-18/h4-6,12,17H,3,7-11H2,1-2H3. The second-order valence-electron chi connectivity index (χ2n) is 5.05. The predicted molar refractivity (Wildman–Crippen MR) is 87.6 cm³/mol. The van der Waals surface area contributed by atoms with E-state index in [2.05, 4.69) is 36.2 Å². The molecule has 19 heavy (non-hydrogen) atoms. The molecule has 0 radical (unpaired) electrons. The zero-order valence-corrected chi connectivity index (χ0v) is 13.4. The monoisotopic (exact) mass is 298 g/mol. The number of rotatable bonds is 5. The molecule has 106 valence electrons. The van der Waals surface area contributed by atoms with Gasteiger partial charge >= 0.3 is 0 Å². The lowest BCUT2D eigenvalue weighted by molar-refractivity contribution is 0.671. The number of benzene rings is 1. The van der Waals surface area contributed by atoms with Crippen molar-refractivity contribution in [3.05, 3.63) is 28.8 Å². The quantitative estimate of drug-likeness (QED) is 0.833. The number of hydrogen-bond acceptors (Lipinski definition) is 3. The Morgan fingerprint density at radius 2 is 2.32 bits per heavy atom. The highest BCUT2D eigenvalue weighted by Crippen LogP contribution is 2.33. The lowest BCUT2D eigenvalue weighted by Crippen LogP contribution is -2.37. The Bertz CT molecular complexity index is 411. The molecule has 0 spiro atoms. The van der Waals surface area contributed by atoms with Crippen LogP contribution in [0.15, 0.2) is 18.2 Å². The Morgan fingerprint density at radius 1 is 1.47 bits per heavy atom. The Balaban J connectivity index is 2.16. The third-order valence-electron chi connectivity index (χ3n) is 3.37. The van der Waals surface area contributed by atoms with E-state index in [1.54, 1.807) is 0 Å². The van der Waals surface area contributed by atoms with Gasteiger partial charge in [-0.2, -0.15) is 11.8 Å². The van der Waals surface area contributed by atoms with Gasteiger partial charge in [0.1, 0.15) is 0 Å². The van der Waals surface area contributed by atoms with E-state index in [-0.39, 0.29) is 0 Å². The zero-order chi connectivity index (χ0) is 13.7. The summed E-state index contributed by atoms with van der Waals surface area (Å²) >= 11 is 8.50. The third-order valence-corrected chi connectivity index (χ3v) is 4.81. The first kappa shape index (κ1) is 15.0. The predicted octanol–water partition coefficient (Wildman–Crippen LogP) is 3.78. The maximum atomic E-state index is 6.45. The molecule has 1 saturated heterocycles. The van der Waals surface area contributed by atoms with Crippen molar-refractivity contribution in [2.45, 2.75) is 32.1 Å². The minimum Gasteiger partial charge on any atom is -0.368 e. The Hall–Kier alpha value is -0.380. The van der Waals surface area contributed by atoms with Crippen LogP contribution in [-0.4, -0.2) is 30.6 Å². The number of thioether (sulfide) groups is 1. The van der Waals surface area contributed by atoms with Crippen LogP contribution in [0, 0.1) is 0 Å². The van der Waals surface area contributed by atoms with Crippen LogP contribution in [0.25, 0.3) is 0 Å². The van der Waals surface area contributed by atoms with Crippen LogP contribution in [-0.2, 0) is 6.54 Å². The molecule has 2 rings (SSSR count). The van der Waals surface area contributed by atoms with Crippen molar-refractivity contribution in [2.75, 3.05) is 30.3 Å². The highest BCUT2D eigenvalue weighted by Gasteiger charge is 2.21. The van der Waals surface area contributed by atoms with Gasteiger partial charge in [-0.3, -0.25) is 0 Å². The smallest absolute Gasteiger partial charge is 0.0642 e. The summed E-state index contributed by atoms with van der Waals surface area (Å²) in [6, 6.07) is 6.25. The molecule has 1 aromatic rings. The van der Waals surface area contributed by atoms with Gasteiger partial charge < -0.3 is 10.2 Å². The summed E-state index contributed by atoms with van der Waals surface area (Å²) in [5.74, 6) is 1.19. The highest BCUT2D eigenvalue weighted by molar-refractivity contribution is 8.00. The van der Waals surface area contributed by atoms with Gasteiger partial charge in [-0.15, -0.1) is 0 Å². The molecular weight excluding hydrogens is 276 g/mol. The largest absolute Gasteiger partial charge is 0.368 e. The van der Waals surface area contributed by atoms with E-state index in [9.17, 15) is 0 Å². The lowest BCUT2D eigenvalue weighted by atomic mass is 10.1. The summed E-state index contributed by atoms with van der Waals surface area (Å²) in [5.41, 5.74) is 2.56. The van der Waals surface area contributed by atoms with Gasteiger partial charge in [-0.25, -0.2) is 0 Å². The molecule has 0 saturated carbocycles. The fraction of sp³-hybridized carbons (Fsp3) is 0.600. The molecular formula is C15H23ClN2S. The second kappa shape index (κ2) is 7.41. The maximum absolute atomic E-state index is 6.45. The molecule has 1 fully saturated rings. The van der Waals surface area contributed by atoms with E-state index in [0.717, 1.165) is 37.6 Å². The lowest BCUT2D eigenvalue weighted by Gasteiger charge is -2.34. The molecule has 4 heteroatoms. The summed E-state index contributed by atoms with van der Waals surface area (Å²) in [6.07, 6.45) is 1.16. The van der Waals surface area contributed by atoms with Crippen molar-refractivity contribution in [3.63, 3.8) is 0 Å². The summed E-state index contributed by atoms with van der Waals surface area (Å²) in [6.45, 7) is 8.63. The van der Waals surface area contributed by atoms with Crippen LogP contribution in [0.3, 0.4) is 0 Å². The van der Waals surface area contributed by atoms with Crippen LogP contribution >= 0.6 is 23.4 Å². The average Bonchev–Trinajstić information content (AvgIpc) is 2.39. The summed E-state index contributed by atoms with van der Waals surface area (Å²) < 4.78 is 0. The number of para-hydroxylation sites is 1. The van der Waals surface area contributed by atoms with Crippen molar-refractivity contribution in [1.29, 1.82) is 0 Å². The topological polar surface area (TPSA) is 15.3 Å². The van der Waals surface area contributed by atoms with E-state index < -0.39 is 0 Å². The van der Waals surface area contributed by atoms with Gasteiger partial charge in [-0.1, -0.05) is 37.6 Å². The zero-order valence-electron chi connectivity index (χ0n) is 11.8. The van der Waals surface area contributed by atoms with Gasteiger partial charge in [0, 0.05) is 30.6 Å². The first-order valence-corrected chi connectivity index (χ1v) is 8.49. The molecule has 1 N–H and O–H groups in total. The van der Waals surface area contributed by atoms with E-state index in [1.165, 1.54) is 17.0 Å². The molecule has 2 nitrogen and oxygen atoms in total. The molecule has 1 atom stereocenters. The first-order chi connectivity index (χ1) is 9.22. The Labute approximate surface area is 125 Å². The van der Waals surface area contributed by atoms with Crippen molar-refractivity contribution < 1.29 is 0 Å². The SMILES string of the molecule is CCCNCc1cccc(Cl)c1N1CCSC(C)C1. The minimum absolute atomic E-state index is 0.682. The molecule has 0 aromatic heterocycles. The van der Waals surface area contributed by atoms with E-state index >= 15 is 0 Å². The minimum atomic E-state index is 0.682. The van der Waals surface area contributed by atoms with Crippen molar-refractivity contribution in [2.24, 2.45) is 0 Å². The Kier molecular flexibility index (Phi) is 5.86. The molecule has 1 heterocycles. The van der Waals surface area contributed by atoms with Gasteiger partial charge in [0.25, 0.3) is 0 Å². The van der Waals surface area contributed by atoms with Crippen LogP contribution in [0.2, 0.25) is 5.02 Å². The van der Waals surface area contributed by atoms with E-state index in [1.807, 2.05) is 17.8 Å². The second-order valence-corrected chi connectivity index (χ2v) is 7.01. The molecule has 1 aromatic carbocycles. The van der Waals surface area contributed by atoms with Crippen molar-refractivity contribution >= 4 is 29.1 Å². The Morgan fingerprint density at radius 3 is 3.05 bits per heavy atom. The van der Waals surface area contributed by atoms with Gasteiger partial charge in [0.15, 0.2) is 0 Å². The summed E-state index contributed by atoms with van der Waals surface area (Å²) in [5, 5.41) is 5.04. The number of hydrogen-bond donors (Lipinski definition) is 1. The van der Waals surface area contributed by atoms with Crippen LogP contribution < -0.4 is 10.2 Å². The molecule has 0 amide bonds. The highest BCUT2D eigenvalue weighted by atomic mass is 35.5. The number of nitrogens with zero attached hydrogens (tertiary/aromatic N) is 1. The average molecular weight is 299 g/mol. The molecule has 1 aliphatic rings. The first-order valence-electron chi connectivity index (χ1n) is 7.07. The molecule has 1 unspecified atom stereocenters. The van der Waals surface area contributed by atoms with Gasteiger partial charge in [-0.05, 0) is 24.6 Å². The number of anilines is 1. The molecule has 0 bridgehead atoms. The number of nitrogens with one attached hydrogen (secondary N) is 1. The van der Waals surface area contributed by atoms with Crippen LogP contribution in [0.4, 0.5) is 5.69 Å². The van der Waals surface area contributed by atoms with Gasteiger partial charge in [0.05, 0.1) is 10.7 Å². The summed E-state index contributed by atoms with van der Waals surface area (Å²) in [7, 11) is 0. The van der Waals surface area contributed by atoms with Crippen molar-refractivity contribution in [3.8, 4) is 0 Å². The van der Waals surface area contributed by atoms with Crippen molar-refractivity contribution in [1.82, 2.24) is 5.32 Å². The normalized spacial score (nSPS) is 19.7. The fourth-order valence-electron chi connectivity index (χ4n) is 2.48. The third kappa shape index (κ3) is 4.04. The summed E-state index contributed by atoms with van der Waals surface area (Å²) in [4.78, 5) is 2.45.